The lowest BCUT2D eigenvalue weighted by atomic mass is 10.0. The van der Waals surface area contributed by atoms with E-state index in [2.05, 4.69) is 0 Å². The molecule has 0 spiro atoms. The van der Waals surface area contributed by atoms with Crippen LogP contribution >= 0.6 is 11.6 Å². The van der Waals surface area contributed by atoms with Gasteiger partial charge in [-0.25, -0.2) is 0 Å². The molecule has 2 aromatic carbocycles. The van der Waals surface area contributed by atoms with Crippen molar-refractivity contribution in [3.05, 3.63) is 64.7 Å². The quantitative estimate of drug-likeness (QED) is 0.666. The molecule has 0 saturated heterocycles. The van der Waals surface area contributed by atoms with E-state index in [1.54, 1.807) is 18.2 Å². The standard InChI is InChI=1S/C14H12ClNO/c15-11-6-7-12(13(16)9-11)14(17)8-10-4-2-1-3-5-10/h1-7,9H,8,16H2. The van der Waals surface area contributed by atoms with Gasteiger partial charge in [-0.2, -0.15) is 0 Å². The number of hydrogen-bond acceptors (Lipinski definition) is 2. The van der Waals surface area contributed by atoms with Gasteiger partial charge in [0.05, 0.1) is 0 Å². The number of benzene rings is 2. The Balaban J connectivity index is 2.21. The molecule has 3 heteroatoms. The summed E-state index contributed by atoms with van der Waals surface area (Å²) in [5.74, 6) is 0.00497. The van der Waals surface area contributed by atoms with E-state index < -0.39 is 0 Å². The minimum atomic E-state index is 0.00497. The van der Waals surface area contributed by atoms with Gasteiger partial charge in [0.25, 0.3) is 0 Å². The Morgan fingerprint density at radius 3 is 2.47 bits per heavy atom. The fraction of sp³-hybridized carbons (Fsp3) is 0.0714. The lowest BCUT2D eigenvalue weighted by Gasteiger charge is -2.05. The Bertz CT molecular complexity index is 537. The van der Waals surface area contributed by atoms with Crippen LogP contribution in [0, 0.1) is 0 Å². The molecule has 2 rings (SSSR count). The van der Waals surface area contributed by atoms with Gasteiger partial charge in [0, 0.05) is 22.7 Å². The summed E-state index contributed by atoms with van der Waals surface area (Å²) in [5, 5.41) is 0.541. The summed E-state index contributed by atoms with van der Waals surface area (Å²) in [7, 11) is 0. The van der Waals surface area contributed by atoms with Crippen LogP contribution in [0.15, 0.2) is 48.5 Å². The molecular weight excluding hydrogens is 234 g/mol. The maximum Gasteiger partial charge on any atom is 0.169 e. The molecule has 86 valence electrons. The Hall–Kier alpha value is -1.80. The maximum atomic E-state index is 12.0. The van der Waals surface area contributed by atoms with Crippen molar-refractivity contribution in [2.24, 2.45) is 0 Å². The molecule has 0 heterocycles. The van der Waals surface area contributed by atoms with Gasteiger partial charge >= 0.3 is 0 Å². The van der Waals surface area contributed by atoms with Gasteiger partial charge in [-0.15, -0.1) is 0 Å². The van der Waals surface area contributed by atoms with Crippen molar-refractivity contribution < 1.29 is 4.79 Å². The molecule has 0 aliphatic heterocycles. The molecule has 0 unspecified atom stereocenters. The van der Waals surface area contributed by atoms with Crippen molar-refractivity contribution >= 4 is 23.1 Å². The topological polar surface area (TPSA) is 43.1 Å². The van der Waals surface area contributed by atoms with Crippen LogP contribution < -0.4 is 5.73 Å². The highest BCUT2D eigenvalue weighted by molar-refractivity contribution is 6.31. The number of Topliss-reactive ketones (excluding diaryl/α,β-unsaturated/α-hetero) is 1. The van der Waals surface area contributed by atoms with Gasteiger partial charge in [0.2, 0.25) is 0 Å². The largest absolute Gasteiger partial charge is 0.398 e. The second kappa shape index (κ2) is 5.02. The molecular formula is C14H12ClNO. The van der Waals surface area contributed by atoms with Gasteiger partial charge < -0.3 is 5.73 Å². The first-order valence-corrected chi connectivity index (χ1v) is 5.67. The van der Waals surface area contributed by atoms with Crippen molar-refractivity contribution in [3.63, 3.8) is 0 Å². The number of ketones is 1. The van der Waals surface area contributed by atoms with Crippen molar-refractivity contribution in [2.75, 3.05) is 5.73 Å². The van der Waals surface area contributed by atoms with Gasteiger partial charge in [-0.05, 0) is 23.8 Å². The highest BCUT2D eigenvalue weighted by Gasteiger charge is 2.10. The smallest absolute Gasteiger partial charge is 0.169 e. The van der Waals surface area contributed by atoms with E-state index >= 15 is 0 Å². The number of anilines is 1. The van der Waals surface area contributed by atoms with Crippen LogP contribution in [0.4, 0.5) is 5.69 Å². The summed E-state index contributed by atoms with van der Waals surface area (Å²) in [6.07, 6.45) is 0.354. The highest BCUT2D eigenvalue weighted by atomic mass is 35.5. The number of carbonyl (C=O) groups excluding carboxylic acids is 1. The zero-order valence-corrected chi connectivity index (χ0v) is 9.95. The zero-order chi connectivity index (χ0) is 12.3. The predicted molar refractivity (Wildman–Crippen MR) is 70.3 cm³/mol. The number of nitrogen functional groups attached to an aromatic ring is 1. The summed E-state index contributed by atoms with van der Waals surface area (Å²) in [6, 6.07) is 14.5. The third-order valence-electron chi connectivity index (χ3n) is 2.52. The molecule has 0 aliphatic carbocycles. The molecule has 0 bridgehead atoms. The van der Waals surface area contributed by atoms with E-state index in [1.807, 2.05) is 30.3 Å². The first-order valence-electron chi connectivity index (χ1n) is 5.29. The second-order valence-corrected chi connectivity index (χ2v) is 4.25. The Morgan fingerprint density at radius 1 is 1.12 bits per heavy atom. The van der Waals surface area contributed by atoms with Gasteiger partial charge in [-0.3, -0.25) is 4.79 Å². The lowest BCUT2D eigenvalue weighted by molar-refractivity contribution is 0.0994. The van der Waals surface area contributed by atoms with Crippen LogP contribution in [0.1, 0.15) is 15.9 Å². The highest BCUT2D eigenvalue weighted by Crippen LogP contribution is 2.19. The van der Waals surface area contributed by atoms with E-state index in [1.165, 1.54) is 0 Å². The van der Waals surface area contributed by atoms with E-state index in [9.17, 15) is 4.79 Å². The predicted octanol–water partition coefficient (Wildman–Crippen LogP) is 3.35. The monoisotopic (exact) mass is 245 g/mol. The zero-order valence-electron chi connectivity index (χ0n) is 9.19. The molecule has 2 aromatic rings. The summed E-state index contributed by atoms with van der Waals surface area (Å²) >= 11 is 5.79. The summed E-state index contributed by atoms with van der Waals surface area (Å²) in [4.78, 5) is 12.0. The first kappa shape index (κ1) is 11.7. The Morgan fingerprint density at radius 2 is 1.82 bits per heavy atom. The average Bonchev–Trinajstić information content (AvgIpc) is 2.30. The Kier molecular flexibility index (Phi) is 3.45. The molecule has 0 radical (unpaired) electrons. The fourth-order valence-electron chi connectivity index (χ4n) is 1.66. The average molecular weight is 246 g/mol. The number of halogens is 1. The number of rotatable bonds is 3. The summed E-state index contributed by atoms with van der Waals surface area (Å²) < 4.78 is 0. The lowest BCUT2D eigenvalue weighted by Crippen LogP contribution is -2.06. The number of carbonyl (C=O) groups is 1. The summed E-state index contributed by atoms with van der Waals surface area (Å²) in [5.41, 5.74) is 7.70. The van der Waals surface area contributed by atoms with E-state index in [0.29, 0.717) is 22.7 Å². The van der Waals surface area contributed by atoms with Crippen LogP contribution in [0.3, 0.4) is 0 Å². The summed E-state index contributed by atoms with van der Waals surface area (Å²) in [6.45, 7) is 0. The van der Waals surface area contributed by atoms with Crippen LogP contribution in [0.2, 0.25) is 5.02 Å². The first-order chi connectivity index (χ1) is 8.16. The van der Waals surface area contributed by atoms with Crippen LogP contribution in [-0.4, -0.2) is 5.78 Å². The third-order valence-corrected chi connectivity index (χ3v) is 2.76. The fourth-order valence-corrected chi connectivity index (χ4v) is 1.84. The van der Waals surface area contributed by atoms with E-state index in [0.717, 1.165) is 5.56 Å². The van der Waals surface area contributed by atoms with Gasteiger partial charge in [-0.1, -0.05) is 41.9 Å². The van der Waals surface area contributed by atoms with Gasteiger partial charge in [0.15, 0.2) is 5.78 Å². The van der Waals surface area contributed by atoms with Crippen molar-refractivity contribution in [1.82, 2.24) is 0 Å². The number of hydrogen-bond donors (Lipinski definition) is 1. The van der Waals surface area contributed by atoms with Crippen LogP contribution in [0.5, 0.6) is 0 Å². The van der Waals surface area contributed by atoms with Crippen LogP contribution in [-0.2, 0) is 6.42 Å². The normalized spacial score (nSPS) is 10.2. The molecule has 0 atom stereocenters. The molecule has 2 N–H and O–H groups in total. The molecule has 0 amide bonds. The van der Waals surface area contributed by atoms with Crippen LogP contribution in [0.25, 0.3) is 0 Å². The van der Waals surface area contributed by atoms with Crippen molar-refractivity contribution in [1.29, 1.82) is 0 Å². The van der Waals surface area contributed by atoms with Gasteiger partial charge in [0.1, 0.15) is 0 Å². The maximum absolute atomic E-state index is 12.0. The molecule has 2 nitrogen and oxygen atoms in total. The molecule has 17 heavy (non-hydrogen) atoms. The Labute approximate surface area is 105 Å². The molecule has 0 aliphatic rings. The van der Waals surface area contributed by atoms with Crippen molar-refractivity contribution in [2.45, 2.75) is 6.42 Å². The molecule has 0 fully saturated rings. The van der Waals surface area contributed by atoms with E-state index in [4.69, 9.17) is 17.3 Å². The second-order valence-electron chi connectivity index (χ2n) is 3.82. The molecule has 0 saturated carbocycles. The minimum Gasteiger partial charge on any atom is -0.398 e. The minimum absolute atomic E-state index is 0.00497. The van der Waals surface area contributed by atoms with E-state index in [-0.39, 0.29) is 5.78 Å². The third kappa shape index (κ3) is 2.86. The SMILES string of the molecule is Nc1cc(Cl)ccc1C(=O)Cc1ccccc1. The van der Waals surface area contributed by atoms with Crippen molar-refractivity contribution in [3.8, 4) is 0 Å². The number of nitrogens with two attached hydrogens (primary N) is 1. The molecule has 0 aromatic heterocycles.